The number of hydrogen-bond donors (Lipinski definition) is 1. The van der Waals surface area contributed by atoms with Gasteiger partial charge in [0.15, 0.2) is 11.4 Å². The predicted molar refractivity (Wildman–Crippen MR) is 185 cm³/mol. The van der Waals surface area contributed by atoms with Crippen LogP contribution in [-0.4, -0.2) is 78.4 Å². The molecule has 0 radical (unpaired) electrons. The highest BCUT2D eigenvalue weighted by Gasteiger charge is 2.53. The van der Waals surface area contributed by atoms with E-state index in [2.05, 4.69) is 5.16 Å². The molecule has 5 rings (SSSR count). The first-order valence-corrected chi connectivity index (χ1v) is 17.0. The maximum Gasteiger partial charge on any atom is 0.411 e. The molecular formula is C34H33Cl4F2N3O8. The summed E-state index contributed by atoms with van der Waals surface area (Å²) in [6.45, 7) is 7.58. The fourth-order valence-corrected chi connectivity index (χ4v) is 6.04. The summed E-state index contributed by atoms with van der Waals surface area (Å²) in [5.41, 5.74) is -1.77. The Labute approximate surface area is 311 Å². The number of halogens is 6. The Balaban J connectivity index is 1.40. The summed E-state index contributed by atoms with van der Waals surface area (Å²) >= 11 is 24.1. The van der Waals surface area contributed by atoms with Gasteiger partial charge in [0.25, 0.3) is 0 Å². The molecule has 3 atom stereocenters. The summed E-state index contributed by atoms with van der Waals surface area (Å²) in [7, 11) is 0. The van der Waals surface area contributed by atoms with Gasteiger partial charge in [0.2, 0.25) is 3.79 Å². The van der Waals surface area contributed by atoms with Gasteiger partial charge in [-0.15, -0.1) is 0 Å². The second kappa shape index (κ2) is 14.3. The highest BCUT2D eigenvalue weighted by Crippen LogP contribution is 2.43. The van der Waals surface area contributed by atoms with Gasteiger partial charge in [-0.2, -0.15) is 0 Å². The van der Waals surface area contributed by atoms with E-state index >= 15 is 0 Å². The van der Waals surface area contributed by atoms with Crippen LogP contribution in [0.4, 0.5) is 18.4 Å². The van der Waals surface area contributed by atoms with Gasteiger partial charge in [-0.25, -0.2) is 18.4 Å². The number of nitrogens with zero attached hydrogens (tertiary/aromatic N) is 3. The molecule has 3 heterocycles. The van der Waals surface area contributed by atoms with E-state index in [1.54, 1.807) is 51.1 Å². The van der Waals surface area contributed by atoms with Crippen molar-refractivity contribution in [1.82, 2.24) is 15.0 Å². The van der Waals surface area contributed by atoms with Crippen LogP contribution in [0.25, 0.3) is 16.8 Å². The van der Waals surface area contributed by atoms with Crippen LogP contribution in [0.3, 0.4) is 0 Å². The highest BCUT2D eigenvalue weighted by molar-refractivity contribution is 6.68. The Morgan fingerprint density at radius 2 is 1.61 bits per heavy atom. The number of fused-ring (bicyclic) bond motifs is 2. The lowest BCUT2D eigenvalue weighted by Gasteiger charge is -2.51. The van der Waals surface area contributed by atoms with Crippen LogP contribution in [-0.2, 0) is 20.9 Å². The molecule has 1 aromatic heterocycles. The number of ether oxygens (including phenoxy) is 3. The summed E-state index contributed by atoms with van der Waals surface area (Å²) in [6, 6.07) is 7.76. The van der Waals surface area contributed by atoms with Crippen LogP contribution in [0, 0.1) is 17.6 Å². The van der Waals surface area contributed by atoms with Crippen molar-refractivity contribution in [3.8, 4) is 17.0 Å². The number of alkyl halides is 3. The molecule has 0 saturated carbocycles. The molecule has 0 aliphatic carbocycles. The molecule has 2 aliphatic rings. The molecule has 1 N–H and O–H groups in total. The van der Waals surface area contributed by atoms with Crippen LogP contribution in [0.1, 0.15) is 45.9 Å². The van der Waals surface area contributed by atoms with Gasteiger partial charge >= 0.3 is 18.2 Å². The maximum atomic E-state index is 14.3. The lowest BCUT2D eigenvalue weighted by molar-refractivity contribution is -0.143. The monoisotopic (exact) mass is 789 g/mol. The number of benzene rings is 2. The highest BCUT2D eigenvalue weighted by atomic mass is 35.6. The van der Waals surface area contributed by atoms with E-state index in [1.807, 2.05) is 0 Å². The normalized spacial score (nSPS) is 19.4. The minimum absolute atomic E-state index is 0.0144. The van der Waals surface area contributed by atoms with Gasteiger partial charge < -0.3 is 28.7 Å². The molecule has 11 nitrogen and oxygen atoms in total. The number of carboxylic acids is 1. The Morgan fingerprint density at radius 3 is 2.22 bits per heavy atom. The maximum absolute atomic E-state index is 14.3. The second-order valence-corrected chi connectivity index (χ2v) is 16.1. The number of aromatic nitrogens is 1. The van der Waals surface area contributed by atoms with Gasteiger partial charge in [0.1, 0.15) is 41.2 Å². The van der Waals surface area contributed by atoms with Crippen molar-refractivity contribution in [3.05, 3.63) is 76.5 Å². The first kappa shape index (κ1) is 38.5. The van der Waals surface area contributed by atoms with E-state index in [4.69, 9.17) is 65.1 Å². The molecule has 17 heteroatoms. The zero-order valence-corrected chi connectivity index (χ0v) is 30.9. The zero-order chi connectivity index (χ0) is 37.6. The first-order chi connectivity index (χ1) is 23.7. The molecule has 274 valence electrons. The van der Waals surface area contributed by atoms with Crippen LogP contribution in [0.2, 0.25) is 5.02 Å². The fraction of sp³-hybridized carbons (Fsp3) is 0.412. The van der Waals surface area contributed by atoms with E-state index in [0.29, 0.717) is 16.9 Å². The minimum Gasteiger partial charge on any atom is -0.486 e. The van der Waals surface area contributed by atoms with Crippen LogP contribution in [0.15, 0.2) is 53.1 Å². The van der Waals surface area contributed by atoms with E-state index in [0.717, 1.165) is 12.1 Å². The molecule has 3 aromatic rings. The quantitative estimate of drug-likeness (QED) is 0.185. The number of aliphatic carboxylic acids is 1. The number of hydrogen-bond acceptors (Lipinski definition) is 8. The fourth-order valence-electron chi connectivity index (χ4n) is 5.67. The van der Waals surface area contributed by atoms with Gasteiger partial charge in [-0.05, 0) is 70.0 Å². The first-order valence-electron chi connectivity index (χ1n) is 15.5. The minimum atomic E-state index is -2.00. The summed E-state index contributed by atoms with van der Waals surface area (Å²) < 4.78 is 48.4. The topological polar surface area (TPSA) is 132 Å². The summed E-state index contributed by atoms with van der Waals surface area (Å²) in [5.74, 6) is -3.60. The van der Waals surface area contributed by atoms with Crippen molar-refractivity contribution in [3.63, 3.8) is 0 Å². The molecule has 51 heavy (non-hydrogen) atoms. The third-order valence-electron chi connectivity index (χ3n) is 8.20. The Bertz CT molecular complexity index is 1860. The van der Waals surface area contributed by atoms with Crippen LogP contribution in [0.5, 0.6) is 5.75 Å². The number of carbonyl (C=O) groups is 3. The third-order valence-corrected chi connectivity index (χ3v) is 9.94. The summed E-state index contributed by atoms with van der Waals surface area (Å²) in [6.07, 6.45) is 0.00368. The molecule has 2 amide bonds. The molecule has 2 bridgehead atoms. The predicted octanol–water partition coefficient (Wildman–Crippen LogP) is 8.53. The molecule has 1 saturated heterocycles. The Kier molecular flexibility index (Phi) is 10.8. The molecule has 2 aromatic carbocycles. The van der Waals surface area contributed by atoms with E-state index in [-0.39, 0.29) is 36.7 Å². The average molecular weight is 791 g/mol. The number of carbonyl (C=O) groups excluding carboxylic acids is 2. The van der Waals surface area contributed by atoms with Crippen molar-refractivity contribution >= 4 is 70.1 Å². The number of amides is 2. The standard InChI is InChI=1S/C34H33Cl4F2N3O8/c1-32(2,3)49-30(46)42-14-18-12-21(26(29(44)45)25(15-42)43(18)31(47)50-33(4,5)34(36,37)38)17-6-8-19(9-7-17)48-16-20-13-24(41-51-20)27-22(39)10-11-23(40)28(27)35/h6-13,18,25-26H,14-16H2,1-5H3,(H,44,45). The number of rotatable bonds is 7. The smallest absolute Gasteiger partial charge is 0.411 e. The van der Waals surface area contributed by atoms with Gasteiger partial charge in [-0.3, -0.25) is 9.69 Å². The van der Waals surface area contributed by atoms with Crippen molar-refractivity contribution in [2.45, 2.75) is 68.3 Å². The largest absolute Gasteiger partial charge is 0.486 e. The Hall–Kier alpha value is -3.78. The number of piperazine rings is 1. The Morgan fingerprint density at radius 1 is 0.961 bits per heavy atom. The van der Waals surface area contributed by atoms with Crippen molar-refractivity contribution < 1.29 is 47.0 Å². The number of carboxylic acid groups (broad SMARTS) is 1. The van der Waals surface area contributed by atoms with Gasteiger partial charge in [0, 0.05) is 19.2 Å². The SMILES string of the molecule is CC(C)(C)OC(=O)N1CC2C=C(c3ccc(OCc4cc(-c5c(F)ccc(F)c5Cl)no4)cc3)C(C(=O)O)C(C1)N2C(=O)OC(C)(C)C(Cl)(Cl)Cl. The summed E-state index contributed by atoms with van der Waals surface area (Å²) in [5, 5.41) is 13.9. The van der Waals surface area contributed by atoms with Crippen LogP contribution >= 0.6 is 46.4 Å². The van der Waals surface area contributed by atoms with E-state index in [1.165, 1.54) is 29.7 Å². The molecule has 1 fully saturated rings. The molecule has 0 spiro atoms. The lowest BCUT2D eigenvalue weighted by atomic mass is 9.79. The van der Waals surface area contributed by atoms with Crippen molar-refractivity contribution in [1.29, 1.82) is 0 Å². The van der Waals surface area contributed by atoms with E-state index in [9.17, 15) is 28.3 Å². The van der Waals surface area contributed by atoms with E-state index < -0.39 is 67.8 Å². The molecule has 3 unspecified atom stereocenters. The molecule has 2 aliphatic heterocycles. The lowest BCUT2D eigenvalue weighted by Crippen LogP contribution is -2.67. The average Bonchev–Trinajstić information content (AvgIpc) is 3.48. The van der Waals surface area contributed by atoms with Crippen molar-refractivity contribution in [2.24, 2.45) is 5.92 Å². The van der Waals surface area contributed by atoms with Gasteiger partial charge in [0.05, 0.1) is 22.7 Å². The van der Waals surface area contributed by atoms with Gasteiger partial charge in [-0.1, -0.05) is 69.8 Å². The second-order valence-electron chi connectivity index (χ2n) is 13.5. The third kappa shape index (κ3) is 8.32. The zero-order valence-electron chi connectivity index (χ0n) is 27.9. The van der Waals surface area contributed by atoms with Crippen LogP contribution < -0.4 is 4.74 Å². The summed E-state index contributed by atoms with van der Waals surface area (Å²) in [4.78, 5) is 42.3. The molecular weight excluding hydrogens is 758 g/mol. The van der Waals surface area contributed by atoms with Crippen molar-refractivity contribution in [2.75, 3.05) is 13.1 Å².